The summed E-state index contributed by atoms with van der Waals surface area (Å²) in [6.45, 7) is 9.41. The molecule has 1 aromatic rings. The molecule has 0 bridgehead atoms. The molecule has 0 spiro atoms. The Kier molecular flexibility index (Phi) is 7.82. The van der Waals surface area contributed by atoms with Gasteiger partial charge in [0.05, 0.1) is 0 Å². The Morgan fingerprint density at radius 2 is 1.41 bits per heavy atom. The molecule has 0 heterocycles. The molecule has 0 saturated heterocycles. The number of carbonyl (C=O) groups excluding carboxylic acids is 3. The molecule has 6 heteroatoms. The van der Waals surface area contributed by atoms with E-state index in [-0.39, 0.29) is 29.6 Å². The molecule has 0 radical (unpaired) electrons. The van der Waals surface area contributed by atoms with Gasteiger partial charge in [-0.15, -0.1) is 0 Å². The molecule has 29 heavy (non-hydrogen) atoms. The van der Waals surface area contributed by atoms with Crippen LogP contribution in [0.15, 0.2) is 24.3 Å². The van der Waals surface area contributed by atoms with E-state index in [0.29, 0.717) is 11.4 Å². The zero-order chi connectivity index (χ0) is 21.6. The molecule has 6 nitrogen and oxygen atoms in total. The molecule has 1 fully saturated rings. The van der Waals surface area contributed by atoms with E-state index in [1.54, 1.807) is 24.3 Å². The van der Waals surface area contributed by atoms with Crippen molar-refractivity contribution in [1.29, 1.82) is 0 Å². The molecule has 0 aliphatic heterocycles. The highest BCUT2D eigenvalue weighted by atomic mass is 16.2. The van der Waals surface area contributed by atoms with Crippen molar-refractivity contribution in [3.63, 3.8) is 0 Å². The number of amides is 3. The summed E-state index contributed by atoms with van der Waals surface area (Å²) in [6, 6.07) is 6.42. The molecule has 1 aromatic carbocycles. The molecule has 1 saturated carbocycles. The van der Waals surface area contributed by atoms with Crippen LogP contribution in [-0.4, -0.2) is 23.8 Å². The fraction of sp³-hybridized carbons (Fsp3) is 0.609. The van der Waals surface area contributed by atoms with Crippen molar-refractivity contribution < 1.29 is 14.4 Å². The lowest BCUT2D eigenvalue weighted by atomic mass is 9.88. The van der Waals surface area contributed by atoms with Gasteiger partial charge in [-0.25, -0.2) is 0 Å². The largest absolute Gasteiger partial charge is 0.344 e. The van der Waals surface area contributed by atoms with Gasteiger partial charge >= 0.3 is 0 Å². The Hall–Kier alpha value is -2.37. The Morgan fingerprint density at radius 3 is 1.90 bits per heavy atom. The van der Waals surface area contributed by atoms with Gasteiger partial charge < -0.3 is 16.0 Å². The number of hydrogen-bond donors (Lipinski definition) is 3. The monoisotopic (exact) mass is 401 g/mol. The third-order valence-corrected chi connectivity index (χ3v) is 5.31. The van der Waals surface area contributed by atoms with E-state index in [1.807, 2.05) is 34.6 Å². The van der Waals surface area contributed by atoms with Crippen molar-refractivity contribution in [2.75, 3.05) is 10.6 Å². The molecule has 1 aliphatic carbocycles. The SMILES string of the molecule is CC(C)C(NC(=O)C1CCCCC1)C(=O)Nc1ccc(NC(=O)C(C)(C)C)cc1. The Bertz CT molecular complexity index is 714. The topological polar surface area (TPSA) is 87.3 Å². The molecule has 3 N–H and O–H groups in total. The fourth-order valence-electron chi connectivity index (χ4n) is 3.35. The second kappa shape index (κ2) is 9.90. The highest BCUT2D eigenvalue weighted by molar-refractivity contribution is 5.98. The summed E-state index contributed by atoms with van der Waals surface area (Å²) in [4.78, 5) is 37.4. The van der Waals surface area contributed by atoms with E-state index in [0.717, 1.165) is 25.7 Å². The molecule has 1 atom stereocenters. The van der Waals surface area contributed by atoms with Crippen LogP contribution >= 0.6 is 0 Å². The van der Waals surface area contributed by atoms with Gasteiger partial charge in [0.15, 0.2) is 0 Å². The average molecular weight is 402 g/mol. The van der Waals surface area contributed by atoms with Gasteiger partial charge in [0.2, 0.25) is 17.7 Å². The van der Waals surface area contributed by atoms with E-state index in [2.05, 4.69) is 16.0 Å². The Labute approximate surface area is 174 Å². The van der Waals surface area contributed by atoms with Crippen LogP contribution < -0.4 is 16.0 Å². The van der Waals surface area contributed by atoms with Gasteiger partial charge in [0.1, 0.15) is 6.04 Å². The number of anilines is 2. The van der Waals surface area contributed by atoms with Gasteiger partial charge in [-0.3, -0.25) is 14.4 Å². The minimum atomic E-state index is -0.579. The van der Waals surface area contributed by atoms with Gasteiger partial charge in [0, 0.05) is 22.7 Å². The summed E-state index contributed by atoms with van der Waals surface area (Å²) in [5.41, 5.74) is 0.823. The summed E-state index contributed by atoms with van der Waals surface area (Å²) in [5.74, 6) is -0.314. The number of rotatable bonds is 6. The average Bonchev–Trinajstić information content (AvgIpc) is 2.67. The van der Waals surface area contributed by atoms with E-state index in [4.69, 9.17) is 0 Å². The first kappa shape index (κ1) is 22.9. The van der Waals surface area contributed by atoms with Crippen molar-refractivity contribution in [2.45, 2.75) is 72.8 Å². The molecule has 3 amide bonds. The molecule has 160 valence electrons. The first-order valence-corrected chi connectivity index (χ1v) is 10.6. The molecule has 1 aliphatic rings. The number of nitrogens with one attached hydrogen (secondary N) is 3. The van der Waals surface area contributed by atoms with Gasteiger partial charge in [-0.1, -0.05) is 53.9 Å². The third-order valence-electron chi connectivity index (χ3n) is 5.31. The van der Waals surface area contributed by atoms with Crippen molar-refractivity contribution >= 4 is 29.1 Å². The highest BCUT2D eigenvalue weighted by Crippen LogP contribution is 2.24. The normalized spacial score (nSPS) is 16.2. The summed E-state index contributed by atoms with van der Waals surface area (Å²) in [6.07, 6.45) is 5.15. The molecular weight excluding hydrogens is 366 g/mol. The molecule has 0 aromatic heterocycles. The van der Waals surface area contributed by atoms with Gasteiger partial charge in [-0.05, 0) is 43.0 Å². The van der Waals surface area contributed by atoms with Crippen LogP contribution in [0.5, 0.6) is 0 Å². The van der Waals surface area contributed by atoms with Crippen LogP contribution in [0.2, 0.25) is 0 Å². The van der Waals surface area contributed by atoms with Gasteiger partial charge in [-0.2, -0.15) is 0 Å². The second-order valence-electron chi connectivity index (χ2n) is 9.34. The van der Waals surface area contributed by atoms with Crippen molar-refractivity contribution in [2.24, 2.45) is 17.3 Å². The van der Waals surface area contributed by atoms with Crippen molar-refractivity contribution in [1.82, 2.24) is 5.32 Å². The Morgan fingerprint density at radius 1 is 0.897 bits per heavy atom. The summed E-state index contributed by atoms with van der Waals surface area (Å²) >= 11 is 0. The van der Waals surface area contributed by atoms with Crippen LogP contribution in [-0.2, 0) is 14.4 Å². The smallest absolute Gasteiger partial charge is 0.247 e. The lowest BCUT2D eigenvalue weighted by Gasteiger charge is -2.26. The molecule has 2 rings (SSSR count). The minimum Gasteiger partial charge on any atom is -0.344 e. The van der Waals surface area contributed by atoms with Crippen LogP contribution in [0.25, 0.3) is 0 Å². The number of benzene rings is 1. The number of hydrogen-bond acceptors (Lipinski definition) is 3. The zero-order valence-electron chi connectivity index (χ0n) is 18.3. The zero-order valence-corrected chi connectivity index (χ0v) is 18.3. The molecular formula is C23H35N3O3. The van der Waals surface area contributed by atoms with Crippen LogP contribution in [0.3, 0.4) is 0 Å². The lowest BCUT2D eigenvalue weighted by Crippen LogP contribution is -2.49. The van der Waals surface area contributed by atoms with E-state index >= 15 is 0 Å². The third kappa shape index (κ3) is 6.87. The first-order chi connectivity index (χ1) is 13.6. The summed E-state index contributed by atoms with van der Waals surface area (Å²) in [7, 11) is 0. The quantitative estimate of drug-likeness (QED) is 0.663. The maximum absolute atomic E-state index is 12.8. The standard InChI is InChI=1S/C23H35N3O3/c1-15(2)19(26-20(27)16-9-7-6-8-10-16)21(28)24-17-11-13-18(14-12-17)25-22(29)23(3,4)5/h11-16,19H,6-10H2,1-5H3,(H,24,28)(H,25,29)(H,26,27). The van der Waals surface area contributed by atoms with Crippen LogP contribution in [0.1, 0.15) is 66.7 Å². The van der Waals surface area contributed by atoms with E-state index in [1.165, 1.54) is 6.42 Å². The van der Waals surface area contributed by atoms with E-state index in [9.17, 15) is 14.4 Å². The number of carbonyl (C=O) groups is 3. The van der Waals surface area contributed by atoms with Gasteiger partial charge in [0.25, 0.3) is 0 Å². The van der Waals surface area contributed by atoms with Crippen LogP contribution in [0, 0.1) is 17.3 Å². The van der Waals surface area contributed by atoms with Crippen molar-refractivity contribution in [3.05, 3.63) is 24.3 Å². The minimum absolute atomic E-state index is 0.0150. The predicted molar refractivity (Wildman–Crippen MR) is 117 cm³/mol. The lowest BCUT2D eigenvalue weighted by molar-refractivity contribution is -0.130. The second-order valence-corrected chi connectivity index (χ2v) is 9.34. The maximum Gasteiger partial charge on any atom is 0.247 e. The van der Waals surface area contributed by atoms with E-state index < -0.39 is 11.5 Å². The Balaban J connectivity index is 1.96. The van der Waals surface area contributed by atoms with Crippen LogP contribution in [0.4, 0.5) is 11.4 Å². The molecule has 1 unspecified atom stereocenters. The summed E-state index contributed by atoms with van der Waals surface area (Å²) < 4.78 is 0. The summed E-state index contributed by atoms with van der Waals surface area (Å²) in [5, 5.41) is 8.69. The first-order valence-electron chi connectivity index (χ1n) is 10.6. The maximum atomic E-state index is 12.8. The fourth-order valence-corrected chi connectivity index (χ4v) is 3.35. The van der Waals surface area contributed by atoms with Crippen molar-refractivity contribution in [3.8, 4) is 0 Å². The highest BCUT2D eigenvalue weighted by Gasteiger charge is 2.28. The predicted octanol–water partition coefficient (Wildman–Crippen LogP) is 4.33.